The summed E-state index contributed by atoms with van der Waals surface area (Å²) < 4.78 is 6.49. The van der Waals surface area contributed by atoms with E-state index in [9.17, 15) is 0 Å². The second kappa shape index (κ2) is 6.13. The van der Waals surface area contributed by atoms with Crippen LogP contribution in [0.5, 0.6) is 0 Å². The van der Waals surface area contributed by atoms with Crippen molar-refractivity contribution in [3.63, 3.8) is 0 Å². The van der Waals surface area contributed by atoms with Crippen molar-refractivity contribution in [1.29, 1.82) is 0 Å². The van der Waals surface area contributed by atoms with Gasteiger partial charge in [0, 0.05) is 11.5 Å². The van der Waals surface area contributed by atoms with E-state index in [2.05, 4.69) is 33.0 Å². The SMILES string of the molecule is CCCNC1CC(OC(C)(C)CC)C12CCCCC2. The monoisotopic (exact) mass is 267 g/mol. The Hall–Kier alpha value is -0.0800. The van der Waals surface area contributed by atoms with E-state index in [0.717, 1.165) is 13.0 Å². The molecule has 0 radical (unpaired) electrons. The Labute approximate surface area is 119 Å². The summed E-state index contributed by atoms with van der Waals surface area (Å²) in [6.45, 7) is 10.1. The Morgan fingerprint density at radius 2 is 1.84 bits per heavy atom. The summed E-state index contributed by atoms with van der Waals surface area (Å²) in [5.41, 5.74) is 0.505. The predicted molar refractivity (Wildman–Crippen MR) is 81.5 cm³/mol. The normalized spacial score (nSPS) is 30.3. The van der Waals surface area contributed by atoms with Gasteiger partial charge in [0.1, 0.15) is 0 Å². The number of hydrogen-bond acceptors (Lipinski definition) is 2. The summed E-state index contributed by atoms with van der Waals surface area (Å²) in [6, 6.07) is 0.713. The van der Waals surface area contributed by atoms with Gasteiger partial charge in [0.2, 0.25) is 0 Å². The molecule has 0 amide bonds. The van der Waals surface area contributed by atoms with Gasteiger partial charge in [-0.05, 0) is 52.5 Å². The van der Waals surface area contributed by atoms with Crippen molar-refractivity contribution in [3.8, 4) is 0 Å². The summed E-state index contributed by atoms with van der Waals surface area (Å²) >= 11 is 0. The molecule has 0 aliphatic heterocycles. The first-order valence-electron chi connectivity index (χ1n) is 8.45. The largest absolute Gasteiger partial charge is 0.372 e. The average molecular weight is 267 g/mol. The van der Waals surface area contributed by atoms with Crippen LogP contribution in [-0.2, 0) is 4.74 Å². The molecule has 2 fully saturated rings. The third-order valence-corrected chi connectivity index (χ3v) is 5.52. The van der Waals surface area contributed by atoms with Gasteiger partial charge in [0.15, 0.2) is 0 Å². The highest BCUT2D eigenvalue weighted by atomic mass is 16.5. The zero-order valence-corrected chi connectivity index (χ0v) is 13.4. The molecule has 2 unspecified atom stereocenters. The molecule has 2 saturated carbocycles. The minimum atomic E-state index is 0.0465. The molecule has 0 saturated heterocycles. The zero-order chi connectivity index (χ0) is 13.9. The van der Waals surface area contributed by atoms with Gasteiger partial charge in [-0.15, -0.1) is 0 Å². The third-order valence-electron chi connectivity index (χ3n) is 5.52. The first-order valence-corrected chi connectivity index (χ1v) is 8.45. The lowest BCUT2D eigenvalue weighted by atomic mass is 9.55. The Kier molecular flexibility index (Phi) is 4.94. The fraction of sp³-hybridized carbons (Fsp3) is 1.00. The number of ether oxygens (including phenoxy) is 1. The number of nitrogens with one attached hydrogen (secondary N) is 1. The van der Waals surface area contributed by atoms with E-state index in [1.54, 1.807) is 0 Å². The Balaban J connectivity index is 2.00. The van der Waals surface area contributed by atoms with Crippen LogP contribution in [0.3, 0.4) is 0 Å². The summed E-state index contributed by atoms with van der Waals surface area (Å²) in [6.07, 6.45) is 11.0. The predicted octanol–water partition coefficient (Wildman–Crippen LogP) is 4.28. The van der Waals surface area contributed by atoms with Gasteiger partial charge in [-0.25, -0.2) is 0 Å². The maximum atomic E-state index is 6.49. The van der Waals surface area contributed by atoms with E-state index in [1.165, 1.54) is 44.9 Å². The van der Waals surface area contributed by atoms with Crippen molar-refractivity contribution >= 4 is 0 Å². The Morgan fingerprint density at radius 3 is 2.42 bits per heavy atom. The quantitative estimate of drug-likeness (QED) is 0.775. The maximum Gasteiger partial charge on any atom is 0.0668 e. The molecule has 1 N–H and O–H groups in total. The molecule has 0 aromatic carbocycles. The fourth-order valence-electron chi connectivity index (χ4n) is 3.87. The summed E-state index contributed by atoms with van der Waals surface area (Å²) in [4.78, 5) is 0. The topological polar surface area (TPSA) is 21.3 Å². The van der Waals surface area contributed by atoms with E-state index in [4.69, 9.17) is 4.74 Å². The van der Waals surface area contributed by atoms with Crippen LogP contribution in [-0.4, -0.2) is 24.3 Å². The van der Waals surface area contributed by atoms with Crippen molar-refractivity contribution in [2.24, 2.45) is 5.41 Å². The van der Waals surface area contributed by atoms with Crippen LogP contribution in [0.2, 0.25) is 0 Å². The van der Waals surface area contributed by atoms with Crippen molar-refractivity contribution in [3.05, 3.63) is 0 Å². The van der Waals surface area contributed by atoms with Gasteiger partial charge in [0.25, 0.3) is 0 Å². The molecule has 2 aliphatic carbocycles. The van der Waals surface area contributed by atoms with E-state index >= 15 is 0 Å². The first-order chi connectivity index (χ1) is 9.04. The Morgan fingerprint density at radius 1 is 1.16 bits per heavy atom. The molecule has 0 aromatic heterocycles. The number of rotatable bonds is 6. The van der Waals surface area contributed by atoms with Gasteiger partial charge in [-0.3, -0.25) is 0 Å². The molecule has 0 bridgehead atoms. The standard InChI is InChI=1S/C17H33NO/c1-5-12-18-14-13-15(19-16(3,4)6-2)17(14)10-8-7-9-11-17/h14-15,18H,5-13H2,1-4H3. The minimum absolute atomic E-state index is 0.0465. The highest BCUT2D eigenvalue weighted by Crippen LogP contribution is 2.54. The van der Waals surface area contributed by atoms with Gasteiger partial charge < -0.3 is 10.1 Å². The van der Waals surface area contributed by atoms with Crippen LogP contribution in [0.25, 0.3) is 0 Å². The van der Waals surface area contributed by atoms with Crippen molar-refractivity contribution in [2.45, 2.75) is 96.8 Å². The summed E-state index contributed by atoms with van der Waals surface area (Å²) in [7, 11) is 0. The highest BCUT2D eigenvalue weighted by Gasteiger charge is 2.56. The van der Waals surface area contributed by atoms with Crippen LogP contribution in [0.4, 0.5) is 0 Å². The second-order valence-electron chi connectivity index (χ2n) is 7.26. The molecule has 19 heavy (non-hydrogen) atoms. The van der Waals surface area contributed by atoms with Gasteiger partial charge in [0.05, 0.1) is 11.7 Å². The molecule has 2 nitrogen and oxygen atoms in total. The lowest BCUT2D eigenvalue weighted by Crippen LogP contribution is -2.65. The molecule has 112 valence electrons. The van der Waals surface area contributed by atoms with Crippen molar-refractivity contribution < 1.29 is 4.74 Å². The molecule has 2 atom stereocenters. The van der Waals surface area contributed by atoms with Crippen molar-refractivity contribution in [2.75, 3.05) is 6.54 Å². The van der Waals surface area contributed by atoms with E-state index in [-0.39, 0.29) is 5.60 Å². The molecular formula is C17H33NO. The lowest BCUT2D eigenvalue weighted by Gasteiger charge is -2.59. The van der Waals surface area contributed by atoms with Crippen LogP contribution < -0.4 is 5.32 Å². The minimum Gasteiger partial charge on any atom is -0.372 e. The zero-order valence-electron chi connectivity index (χ0n) is 13.4. The molecule has 0 heterocycles. The van der Waals surface area contributed by atoms with E-state index in [1.807, 2.05) is 0 Å². The van der Waals surface area contributed by atoms with Gasteiger partial charge >= 0.3 is 0 Å². The van der Waals surface area contributed by atoms with Gasteiger partial charge in [-0.2, -0.15) is 0 Å². The molecule has 2 rings (SSSR count). The van der Waals surface area contributed by atoms with Crippen LogP contribution in [0.15, 0.2) is 0 Å². The fourth-order valence-corrected chi connectivity index (χ4v) is 3.87. The highest BCUT2D eigenvalue weighted by molar-refractivity contribution is 5.09. The third kappa shape index (κ3) is 3.16. The van der Waals surface area contributed by atoms with Crippen LogP contribution in [0, 0.1) is 5.41 Å². The number of hydrogen-bond donors (Lipinski definition) is 1. The van der Waals surface area contributed by atoms with E-state index in [0.29, 0.717) is 17.6 Å². The average Bonchev–Trinajstić information content (AvgIpc) is 2.43. The van der Waals surface area contributed by atoms with Gasteiger partial charge in [-0.1, -0.05) is 33.1 Å². The second-order valence-corrected chi connectivity index (χ2v) is 7.26. The summed E-state index contributed by atoms with van der Waals surface area (Å²) in [5, 5.41) is 3.78. The maximum absolute atomic E-state index is 6.49. The van der Waals surface area contributed by atoms with Crippen molar-refractivity contribution in [1.82, 2.24) is 5.32 Å². The summed E-state index contributed by atoms with van der Waals surface area (Å²) in [5.74, 6) is 0. The van der Waals surface area contributed by atoms with E-state index < -0.39 is 0 Å². The molecule has 2 aliphatic rings. The molecule has 0 aromatic rings. The first kappa shape index (κ1) is 15.3. The smallest absolute Gasteiger partial charge is 0.0668 e. The molecule has 1 spiro atoms. The van der Waals surface area contributed by atoms with Crippen LogP contribution in [0.1, 0.15) is 79.1 Å². The molecular weight excluding hydrogens is 234 g/mol. The lowest BCUT2D eigenvalue weighted by molar-refractivity contribution is -0.203. The Bertz CT molecular complexity index is 281. The molecule has 2 heteroatoms. The van der Waals surface area contributed by atoms with Crippen LogP contribution >= 0.6 is 0 Å².